The van der Waals surface area contributed by atoms with Crippen LogP contribution in [0.1, 0.15) is 23.8 Å². The number of benzene rings is 3. The first-order valence-corrected chi connectivity index (χ1v) is 14.2. The number of aryl methyl sites for hydroxylation is 2. The summed E-state index contributed by atoms with van der Waals surface area (Å²) in [6, 6.07) is 21.0. The van der Waals surface area contributed by atoms with Crippen LogP contribution in [0.4, 0.5) is 11.6 Å². The number of nitrogens with zero attached hydrogens (tertiary/aromatic N) is 4. The predicted molar refractivity (Wildman–Crippen MR) is 161 cm³/mol. The Morgan fingerprint density at radius 3 is 2.32 bits per heavy atom. The van der Waals surface area contributed by atoms with Gasteiger partial charge in [0.15, 0.2) is 10.8 Å². The van der Waals surface area contributed by atoms with Gasteiger partial charge in [0, 0.05) is 12.1 Å². The third-order valence-electron chi connectivity index (χ3n) is 6.80. The van der Waals surface area contributed by atoms with Crippen LogP contribution in [0.25, 0.3) is 11.2 Å². The van der Waals surface area contributed by atoms with Gasteiger partial charge in [-0.15, -0.1) is 0 Å². The minimum Gasteiger partial charge on any atom is -0.491 e. The number of nitrogens with one attached hydrogen (secondary N) is 1. The first-order chi connectivity index (χ1) is 19.8. The molecule has 0 saturated carbocycles. The molecule has 3 aromatic carbocycles. The molecular formula is C30H26Cl3N5O3. The minimum atomic E-state index is -0.419. The molecular weight excluding hydrogens is 585 g/mol. The van der Waals surface area contributed by atoms with Crippen molar-refractivity contribution < 1.29 is 14.2 Å². The highest BCUT2D eigenvalue weighted by Gasteiger charge is 2.39. The van der Waals surface area contributed by atoms with Gasteiger partial charge in [0.2, 0.25) is 5.95 Å². The molecule has 0 unspecified atom stereocenters. The van der Waals surface area contributed by atoms with E-state index in [0.717, 1.165) is 22.6 Å². The number of rotatable bonds is 8. The molecule has 41 heavy (non-hydrogen) atoms. The summed E-state index contributed by atoms with van der Waals surface area (Å²) in [6.45, 7) is 4.39. The average Bonchev–Trinajstić information content (AvgIpc) is 3.56. The number of fused-ring (bicyclic) bond motifs is 1. The first-order valence-electron chi connectivity index (χ1n) is 13.0. The normalized spacial score (nSPS) is 18.5. The molecule has 0 aliphatic carbocycles. The van der Waals surface area contributed by atoms with Crippen LogP contribution >= 0.6 is 34.8 Å². The second-order valence-corrected chi connectivity index (χ2v) is 11.0. The highest BCUT2D eigenvalue weighted by Crippen LogP contribution is 2.36. The molecule has 3 heterocycles. The van der Waals surface area contributed by atoms with E-state index in [9.17, 15) is 0 Å². The Bertz CT molecular complexity index is 1680. The molecule has 2 aromatic heterocycles. The van der Waals surface area contributed by atoms with Gasteiger partial charge in [0.25, 0.3) is 0 Å². The fraction of sp³-hybridized carbons (Fsp3) is 0.233. The molecule has 210 valence electrons. The summed E-state index contributed by atoms with van der Waals surface area (Å²) in [6.07, 6.45) is 1.15. The van der Waals surface area contributed by atoms with E-state index in [2.05, 4.69) is 20.3 Å². The molecule has 11 heteroatoms. The number of hydrogen-bond donors (Lipinski definition) is 1. The van der Waals surface area contributed by atoms with Crippen LogP contribution in [0.15, 0.2) is 73.1 Å². The van der Waals surface area contributed by atoms with E-state index in [1.54, 1.807) is 24.5 Å². The predicted octanol–water partition coefficient (Wildman–Crippen LogP) is 7.96. The molecule has 6 rings (SSSR count). The Balaban J connectivity index is 1.24. The smallest absolute Gasteiger partial charge is 0.230 e. The lowest BCUT2D eigenvalue weighted by Crippen LogP contribution is -2.32. The van der Waals surface area contributed by atoms with Gasteiger partial charge in [-0.1, -0.05) is 70.2 Å². The molecule has 0 bridgehead atoms. The zero-order valence-electron chi connectivity index (χ0n) is 22.2. The van der Waals surface area contributed by atoms with Crippen molar-refractivity contribution in [1.29, 1.82) is 0 Å². The van der Waals surface area contributed by atoms with Crippen molar-refractivity contribution in [3.63, 3.8) is 0 Å². The summed E-state index contributed by atoms with van der Waals surface area (Å²) >= 11 is 18.8. The van der Waals surface area contributed by atoms with E-state index >= 15 is 0 Å². The average molecular weight is 611 g/mol. The van der Waals surface area contributed by atoms with Crippen molar-refractivity contribution >= 4 is 57.6 Å². The maximum atomic E-state index is 6.67. The molecule has 1 aliphatic rings. The molecule has 0 radical (unpaired) electrons. The van der Waals surface area contributed by atoms with E-state index in [-0.39, 0.29) is 23.3 Å². The van der Waals surface area contributed by atoms with Crippen molar-refractivity contribution in [1.82, 2.24) is 19.5 Å². The molecule has 0 amide bonds. The fourth-order valence-corrected chi connectivity index (χ4v) is 5.19. The van der Waals surface area contributed by atoms with Crippen molar-refractivity contribution in [2.75, 3.05) is 11.9 Å². The zero-order valence-corrected chi connectivity index (χ0v) is 24.5. The second kappa shape index (κ2) is 11.7. The fourth-order valence-electron chi connectivity index (χ4n) is 4.63. The van der Waals surface area contributed by atoms with Gasteiger partial charge in [0.1, 0.15) is 42.1 Å². The van der Waals surface area contributed by atoms with Gasteiger partial charge in [-0.3, -0.25) is 4.57 Å². The Morgan fingerprint density at radius 2 is 1.61 bits per heavy atom. The van der Waals surface area contributed by atoms with E-state index in [0.29, 0.717) is 39.9 Å². The molecule has 1 fully saturated rings. The summed E-state index contributed by atoms with van der Waals surface area (Å²) in [7, 11) is 0. The summed E-state index contributed by atoms with van der Waals surface area (Å²) < 4.78 is 20.8. The van der Waals surface area contributed by atoms with Gasteiger partial charge in [0.05, 0.1) is 16.4 Å². The van der Waals surface area contributed by atoms with Crippen molar-refractivity contribution in [3.05, 3.63) is 99.4 Å². The number of aromatic nitrogens is 4. The monoisotopic (exact) mass is 609 g/mol. The summed E-state index contributed by atoms with van der Waals surface area (Å²) in [4.78, 5) is 13.5. The molecule has 3 atom stereocenters. The number of anilines is 2. The highest BCUT2D eigenvalue weighted by molar-refractivity contribution is 6.42. The van der Waals surface area contributed by atoms with E-state index in [4.69, 9.17) is 49.0 Å². The molecule has 0 spiro atoms. The van der Waals surface area contributed by atoms with Crippen LogP contribution in [-0.2, 0) is 4.74 Å². The lowest BCUT2D eigenvalue weighted by atomic mass is 10.1. The highest BCUT2D eigenvalue weighted by atomic mass is 35.5. The molecule has 1 N–H and O–H groups in total. The van der Waals surface area contributed by atoms with Crippen LogP contribution in [0.5, 0.6) is 11.5 Å². The van der Waals surface area contributed by atoms with E-state index in [1.165, 1.54) is 0 Å². The summed E-state index contributed by atoms with van der Waals surface area (Å²) in [5, 5.41) is 4.19. The lowest BCUT2D eigenvalue weighted by molar-refractivity contribution is -0.0340. The third kappa shape index (κ3) is 6.21. The summed E-state index contributed by atoms with van der Waals surface area (Å²) in [5.74, 6) is 1.81. The number of imidazole rings is 1. The van der Waals surface area contributed by atoms with Crippen LogP contribution < -0.4 is 14.8 Å². The molecule has 1 saturated heterocycles. The Kier molecular flexibility index (Phi) is 7.90. The molecule has 8 nitrogen and oxygen atoms in total. The van der Waals surface area contributed by atoms with Crippen LogP contribution in [-0.4, -0.2) is 38.3 Å². The maximum absolute atomic E-state index is 6.67. The Labute approximate surface area is 252 Å². The van der Waals surface area contributed by atoms with Crippen LogP contribution in [0.2, 0.25) is 15.2 Å². The SMILES string of the molecule is Cc1ccc(OC[C@@H]2O[C@H](n3cnc4nc(Nc5ccc(Cl)c(Cl)c5)nc(Cl)c43)C[C@H]2Oc2ccc(C)cc2)cc1. The maximum Gasteiger partial charge on any atom is 0.230 e. The van der Waals surface area contributed by atoms with Crippen molar-refractivity contribution in [2.45, 2.75) is 38.7 Å². The quantitative estimate of drug-likeness (QED) is 0.178. The number of ether oxygens (including phenoxy) is 3. The topological polar surface area (TPSA) is 83.3 Å². The largest absolute Gasteiger partial charge is 0.491 e. The number of hydrogen-bond acceptors (Lipinski definition) is 7. The van der Waals surface area contributed by atoms with Gasteiger partial charge >= 0.3 is 0 Å². The van der Waals surface area contributed by atoms with Crippen LogP contribution in [0, 0.1) is 13.8 Å². The second-order valence-electron chi connectivity index (χ2n) is 9.87. The van der Waals surface area contributed by atoms with Crippen molar-refractivity contribution in [2.24, 2.45) is 0 Å². The zero-order chi connectivity index (χ0) is 28.5. The minimum absolute atomic E-state index is 0.231. The van der Waals surface area contributed by atoms with Gasteiger partial charge in [-0.2, -0.15) is 9.97 Å². The van der Waals surface area contributed by atoms with Gasteiger partial charge in [-0.05, 0) is 56.3 Å². The summed E-state index contributed by atoms with van der Waals surface area (Å²) in [5.41, 5.74) is 3.97. The lowest BCUT2D eigenvalue weighted by Gasteiger charge is -2.20. The first kappa shape index (κ1) is 27.6. The van der Waals surface area contributed by atoms with Gasteiger partial charge in [-0.25, -0.2) is 4.98 Å². The molecule has 1 aliphatic heterocycles. The standard InChI is InChI=1S/C30H26Cl3N5O3/c1-17-3-8-20(9-4-17)39-15-25-24(40-21-10-5-18(2)6-11-21)14-26(41-25)38-16-34-29-27(38)28(33)36-30(37-29)35-19-7-12-22(31)23(32)13-19/h3-13,16,24-26H,14-15H2,1-2H3,(H,35,36,37)/t24-,25+,26+/m1/s1. The van der Waals surface area contributed by atoms with Crippen LogP contribution in [0.3, 0.4) is 0 Å². The Hall–Kier alpha value is -3.56. The van der Waals surface area contributed by atoms with Gasteiger partial charge < -0.3 is 19.5 Å². The van der Waals surface area contributed by atoms with E-state index in [1.807, 2.05) is 66.9 Å². The third-order valence-corrected chi connectivity index (χ3v) is 7.80. The van der Waals surface area contributed by atoms with E-state index < -0.39 is 6.23 Å². The Morgan fingerprint density at radius 1 is 0.902 bits per heavy atom. The van der Waals surface area contributed by atoms with Crippen molar-refractivity contribution in [3.8, 4) is 11.5 Å². The number of halogens is 3. The molecule has 5 aromatic rings.